The molecule has 0 amide bonds. The molecule has 148 valence electrons. The summed E-state index contributed by atoms with van der Waals surface area (Å²) < 4.78 is 17.4. The number of aromatic amines is 1. The largest absolute Gasteiger partial charge is 0.493 e. The molecule has 3 aromatic heterocycles. The third kappa shape index (κ3) is 2.11. The van der Waals surface area contributed by atoms with Crippen molar-refractivity contribution < 1.29 is 19.0 Å². The van der Waals surface area contributed by atoms with Gasteiger partial charge >= 0.3 is 5.97 Å². The summed E-state index contributed by atoms with van der Waals surface area (Å²) in [5, 5.41) is 2.73. The molecule has 0 saturated heterocycles. The van der Waals surface area contributed by atoms with Gasteiger partial charge in [-0.1, -0.05) is 6.92 Å². The van der Waals surface area contributed by atoms with E-state index in [-0.39, 0.29) is 11.5 Å². The Morgan fingerprint density at radius 1 is 1.10 bits per heavy atom. The van der Waals surface area contributed by atoms with E-state index >= 15 is 0 Å². The molecule has 0 fully saturated rings. The SMILES string of the molecule is COC(=O)[C@@H]1C(C)c2c[nH]c3ncc4c5cc(OC)c(OC)cc5c(=O)n1c4c23. The Labute approximate surface area is 165 Å². The van der Waals surface area contributed by atoms with Crippen molar-refractivity contribution >= 4 is 38.7 Å². The molecule has 0 radical (unpaired) electrons. The van der Waals surface area contributed by atoms with E-state index in [0.29, 0.717) is 33.4 Å². The highest BCUT2D eigenvalue weighted by molar-refractivity contribution is 6.16. The van der Waals surface area contributed by atoms with Crippen molar-refractivity contribution in [1.82, 2.24) is 14.5 Å². The Balaban J connectivity index is 2.06. The monoisotopic (exact) mass is 393 g/mol. The zero-order valence-corrected chi connectivity index (χ0v) is 16.4. The van der Waals surface area contributed by atoms with E-state index in [9.17, 15) is 9.59 Å². The number of carbonyl (C=O) groups is 1. The first-order valence-corrected chi connectivity index (χ1v) is 9.19. The minimum Gasteiger partial charge on any atom is -0.493 e. The Hall–Kier alpha value is -3.55. The molecule has 1 aliphatic rings. The predicted molar refractivity (Wildman–Crippen MR) is 108 cm³/mol. The molecule has 29 heavy (non-hydrogen) atoms. The molecule has 1 unspecified atom stereocenters. The quantitative estimate of drug-likeness (QED) is 0.425. The first-order chi connectivity index (χ1) is 14.0. The standard InChI is InChI=1S/C21H19N3O5/c1-9-12-7-22-19-16(12)18-13(8-23-19)10-5-14(27-2)15(28-3)6-11(10)20(25)24(18)17(9)21(26)29-4/h5-9,17H,1-4H3,(H,22,23)/t9?,17-/m0/s1. The van der Waals surface area contributed by atoms with Crippen LogP contribution in [0, 0.1) is 0 Å². The maximum atomic E-state index is 13.6. The molecule has 1 N–H and O–H groups in total. The van der Waals surface area contributed by atoms with Crippen molar-refractivity contribution in [3.63, 3.8) is 0 Å². The minimum atomic E-state index is -0.776. The average molecular weight is 393 g/mol. The third-order valence-electron chi connectivity index (χ3n) is 5.89. The number of pyridine rings is 2. The first-order valence-electron chi connectivity index (χ1n) is 9.19. The summed E-state index contributed by atoms with van der Waals surface area (Å²) in [6.07, 6.45) is 3.57. The number of H-pyrrole nitrogens is 1. The highest BCUT2D eigenvalue weighted by Crippen LogP contribution is 2.44. The summed E-state index contributed by atoms with van der Waals surface area (Å²) in [6.45, 7) is 1.91. The van der Waals surface area contributed by atoms with Gasteiger partial charge in [-0.05, 0) is 17.7 Å². The van der Waals surface area contributed by atoms with Crippen LogP contribution in [-0.4, -0.2) is 41.8 Å². The number of hydrogen-bond donors (Lipinski definition) is 1. The summed E-state index contributed by atoms with van der Waals surface area (Å²) in [7, 11) is 4.40. The van der Waals surface area contributed by atoms with Gasteiger partial charge in [0.1, 0.15) is 11.7 Å². The van der Waals surface area contributed by atoms with Crippen LogP contribution in [0.2, 0.25) is 0 Å². The normalized spacial score (nSPS) is 17.9. The second-order valence-corrected chi connectivity index (χ2v) is 7.17. The average Bonchev–Trinajstić information content (AvgIpc) is 3.19. The van der Waals surface area contributed by atoms with Gasteiger partial charge < -0.3 is 19.2 Å². The van der Waals surface area contributed by atoms with E-state index < -0.39 is 12.0 Å². The van der Waals surface area contributed by atoms with Crippen LogP contribution in [0.25, 0.3) is 32.7 Å². The van der Waals surface area contributed by atoms with Crippen molar-refractivity contribution in [3.8, 4) is 11.5 Å². The molecule has 1 aliphatic heterocycles. The summed E-state index contributed by atoms with van der Waals surface area (Å²) in [6, 6.07) is 2.65. The lowest BCUT2D eigenvalue weighted by Crippen LogP contribution is -2.36. The minimum absolute atomic E-state index is 0.258. The number of nitrogens with zero attached hydrogens (tertiary/aromatic N) is 2. The van der Waals surface area contributed by atoms with Crippen molar-refractivity contribution in [1.29, 1.82) is 0 Å². The Kier molecular flexibility index (Phi) is 3.61. The second-order valence-electron chi connectivity index (χ2n) is 7.17. The number of aromatic nitrogens is 3. The van der Waals surface area contributed by atoms with E-state index in [1.165, 1.54) is 14.2 Å². The van der Waals surface area contributed by atoms with Gasteiger partial charge in [0.25, 0.3) is 5.56 Å². The zero-order chi connectivity index (χ0) is 20.4. The van der Waals surface area contributed by atoms with Crippen molar-refractivity contribution in [2.75, 3.05) is 21.3 Å². The lowest BCUT2D eigenvalue weighted by Gasteiger charge is -2.30. The van der Waals surface area contributed by atoms with Gasteiger partial charge in [-0.2, -0.15) is 0 Å². The molecule has 2 atom stereocenters. The second kappa shape index (κ2) is 5.97. The molecule has 0 bridgehead atoms. The molecular formula is C21H19N3O5. The number of nitrogens with one attached hydrogen (secondary N) is 1. The van der Waals surface area contributed by atoms with Crippen LogP contribution in [0.5, 0.6) is 11.5 Å². The topological polar surface area (TPSA) is 95.4 Å². The fourth-order valence-corrected chi connectivity index (χ4v) is 4.51. The van der Waals surface area contributed by atoms with Gasteiger partial charge in [0.2, 0.25) is 0 Å². The summed E-state index contributed by atoms with van der Waals surface area (Å²) >= 11 is 0. The molecule has 5 rings (SSSR count). The number of rotatable bonds is 3. The van der Waals surface area contributed by atoms with Crippen LogP contribution >= 0.6 is 0 Å². The Morgan fingerprint density at radius 2 is 1.79 bits per heavy atom. The van der Waals surface area contributed by atoms with E-state index in [0.717, 1.165) is 16.3 Å². The molecule has 4 aromatic rings. The van der Waals surface area contributed by atoms with E-state index in [4.69, 9.17) is 14.2 Å². The third-order valence-corrected chi connectivity index (χ3v) is 5.89. The predicted octanol–water partition coefficient (Wildman–Crippen LogP) is 2.88. The van der Waals surface area contributed by atoms with Crippen molar-refractivity contribution in [3.05, 3.63) is 40.4 Å². The fourth-order valence-electron chi connectivity index (χ4n) is 4.51. The van der Waals surface area contributed by atoms with Gasteiger partial charge in [0, 0.05) is 34.5 Å². The van der Waals surface area contributed by atoms with Crippen LogP contribution < -0.4 is 15.0 Å². The van der Waals surface area contributed by atoms with Crippen molar-refractivity contribution in [2.45, 2.75) is 18.9 Å². The number of hydrogen-bond acceptors (Lipinski definition) is 6. The molecule has 0 spiro atoms. The molecule has 8 nitrogen and oxygen atoms in total. The summed E-state index contributed by atoms with van der Waals surface area (Å²) in [4.78, 5) is 34.1. The van der Waals surface area contributed by atoms with Gasteiger partial charge in [-0.25, -0.2) is 9.78 Å². The van der Waals surface area contributed by atoms with Crippen LogP contribution in [-0.2, 0) is 9.53 Å². The van der Waals surface area contributed by atoms with Gasteiger partial charge in [0.05, 0.1) is 32.2 Å². The molecule has 4 heterocycles. The maximum absolute atomic E-state index is 13.6. The number of carbonyl (C=O) groups excluding carboxylic acids is 1. The van der Waals surface area contributed by atoms with Crippen LogP contribution in [0.15, 0.2) is 29.3 Å². The van der Waals surface area contributed by atoms with Gasteiger partial charge in [0.15, 0.2) is 11.5 Å². The zero-order valence-electron chi connectivity index (χ0n) is 16.4. The smallest absolute Gasteiger partial charge is 0.329 e. The number of methoxy groups -OCH3 is 3. The lowest BCUT2D eigenvalue weighted by molar-refractivity contribution is -0.145. The Bertz CT molecular complexity index is 1380. The van der Waals surface area contributed by atoms with Crippen LogP contribution in [0.1, 0.15) is 24.4 Å². The molecule has 0 aliphatic carbocycles. The van der Waals surface area contributed by atoms with Crippen molar-refractivity contribution in [2.24, 2.45) is 0 Å². The Morgan fingerprint density at radius 3 is 2.45 bits per heavy atom. The van der Waals surface area contributed by atoms with E-state index in [1.807, 2.05) is 13.1 Å². The molecule has 0 saturated carbocycles. The maximum Gasteiger partial charge on any atom is 0.329 e. The summed E-state index contributed by atoms with van der Waals surface area (Å²) in [5.41, 5.74) is 2.00. The van der Waals surface area contributed by atoms with E-state index in [1.54, 1.807) is 30.0 Å². The molecule has 1 aromatic carbocycles. The number of ether oxygens (including phenoxy) is 3. The highest BCUT2D eigenvalue weighted by atomic mass is 16.5. The van der Waals surface area contributed by atoms with Gasteiger partial charge in [-0.15, -0.1) is 0 Å². The van der Waals surface area contributed by atoms with Crippen LogP contribution in [0.3, 0.4) is 0 Å². The lowest BCUT2D eigenvalue weighted by atomic mass is 9.88. The first kappa shape index (κ1) is 17.5. The van der Waals surface area contributed by atoms with Crippen LogP contribution in [0.4, 0.5) is 0 Å². The number of benzene rings is 1. The number of fused-ring (bicyclic) bond motifs is 2. The molecular weight excluding hydrogens is 374 g/mol. The fraction of sp³-hybridized carbons (Fsp3) is 0.286. The summed E-state index contributed by atoms with van der Waals surface area (Å²) in [5.74, 6) is 0.241. The van der Waals surface area contributed by atoms with E-state index in [2.05, 4.69) is 9.97 Å². The molecule has 8 heteroatoms. The number of esters is 1. The highest BCUT2D eigenvalue weighted by Gasteiger charge is 2.38. The van der Waals surface area contributed by atoms with Gasteiger partial charge in [-0.3, -0.25) is 9.36 Å².